The van der Waals surface area contributed by atoms with Crippen LogP contribution in [0.4, 0.5) is 0 Å². The first-order valence-electron chi connectivity index (χ1n) is 11.2. The van der Waals surface area contributed by atoms with E-state index in [4.69, 9.17) is 9.47 Å². The summed E-state index contributed by atoms with van der Waals surface area (Å²) in [5, 5.41) is 39.5. The molecule has 31 heavy (non-hydrogen) atoms. The molecule has 4 N–H and O–H groups in total. The van der Waals surface area contributed by atoms with Crippen molar-refractivity contribution in [3.05, 3.63) is 29.3 Å². The molecular weight excluding hydrogens is 402 g/mol. The van der Waals surface area contributed by atoms with E-state index in [1.807, 2.05) is 12.1 Å². The van der Waals surface area contributed by atoms with Crippen molar-refractivity contribution in [1.82, 2.24) is 4.90 Å². The standard InChI is InChI=1S/C23H31NO7/c1-24-9-8-23-7-3-2-4-14(23)16(24)10-12-5-6-13(11-15(12)23)30-22-19(27)17(25)18(26)20(31-22)21(28)29/h5-6,11,14,16-20,22,25-27H,2-4,7-10H2,1H3,(H,28,29)/t14?,16-,17-,18-,19+,20-,22+,23-/m0/s1. The third-order valence-electron chi connectivity index (χ3n) is 8.15. The topological polar surface area (TPSA) is 120 Å². The summed E-state index contributed by atoms with van der Waals surface area (Å²) in [5.74, 6) is -0.321. The van der Waals surface area contributed by atoms with Crippen molar-refractivity contribution in [3.8, 4) is 5.75 Å². The summed E-state index contributed by atoms with van der Waals surface area (Å²) in [6.45, 7) is 1.07. The van der Waals surface area contributed by atoms with Crippen molar-refractivity contribution >= 4 is 5.97 Å². The normalized spacial score (nSPS) is 42.4. The number of carboxylic acids is 1. The van der Waals surface area contributed by atoms with E-state index >= 15 is 0 Å². The molecule has 2 saturated heterocycles. The monoisotopic (exact) mass is 433 g/mol. The maximum absolute atomic E-state index is 11.4. The molecule has 3 fully saturated rings. The predicted molar refractivity (Wildman–Crippen MR) is 110 cm³/mol. The van der Waals surface area contributed by atoms with Gasteiger partial charge in [-0.3, -0.25) is 0 Å². The third kappa shape index (κ3) is 3.27. The summed E-state index contributed by atoms with van der Waals surface area (Å²) in [6.07, 6.45) is -1.03. The first kappa shape index (κ1) is 21.2. The number of hydrogen-bond acceptors (Lipinski definition) is 7. The van der Waals surface area contributed by atoms with Crippen LogP contribution in [-0.2, 0) is 21.4 Å². The van der Waals surface area contributed by atoms with Gasteiger partial charge in [-0.15, -0.1) is 0 Å². The molecule has 4 aliphatic rings. The average Bonchev–Trinajstić information content (AvgIpc) is 2.76. The molecule has 170 valence electrons. The van der Waals surface area contributed by atoms with E-state index < -0.39 is 36.7 Å². The minimum Gasteiger partial charge on any atom is -0.479 e. The van der Waals surface area contributed by atoms with E-state index in [1.165, 1.54) is 30.4 Å². The Labute approximate surface area is 181 Å². The molecule has 1 unspecified atom stereocenters. The van der Waals surface area contributed by atoms with Gasteiger partial charge in [0.1, 0.15) is 24.1 Å². The van der Waals surface area contributed by atoms with Crippen LogP contribution in [0.1, 0.15) is 43.2 Å². The summed E-state index contributed by atoms with van der Waals surface area (Å²) in [5.41, 5.74) is 2.76. The number of ether oxygens (including phenoxy) is 2. The maximum Gasteiger partial charge on any atom is 0.335 e. The van der Waals surface area contributed by atoms with Crippen LogP contribution in [0, 0.1) is 5.92 Å². The van der Waals surface area contributed by atoms with E-state index in [9.17, 15) is 25.2 Å². The van der Waals surface area contributed by atoms with Crippen LogP contribution in [0.2, 0.25) is 0 Å². The summed E-state index contributed by atoms with van der Waals surface area (Å²) < 4.78 is 11.2. The van der Waals surface area contributed by atoms with Gasteiger partial charge in [0.25, 0.3) is 0 Å². The van der Waals surface area contributed by atoms with Crippen molar-refractivity contribution < 1.29 is 34.7 Å². The molecule has 8 atom stereocenters. The number of aliphatic hydroxyl groups excluding tert-OH is 3. The summed E-state index contributed by atoms with van der Waals surface area (Å²) in [7, 11) is 2.23. The second-order valence-corrected chi connectivity index (χ2v) is 9.68. The molecule has 1 aromatic rings. The van der Waals surface area contributed by atoms with Crippen molar-refractivity contribution in [3.63, 3.8) is 0 Å². The van der Waals surface area contributed by atoms with Crippen molar-refractivity contribution in [2.75, 3.05) is 13.6 Å². The Hall–Kier alpha value is -1.71. The van der Waals surface area contributed by atoms with Crippen LogP contribution in [0.15, 0.2) is 18.2 Å². The fourth-order valence-corrected chi connectivity index (χ4v) is 6.53. The largest absolute Gasteiger partial charge is 0.479 e. The number of aliphatic carboxylic acids is 1. The molecule has 2 bridgehead atoms. The number of fused-ring (bicyclic) bond motifs is 1. The number of likely N-dealkylation sites (tertiary alicyclic amines) is 1. The predicted octanol–water partition coefficient (Wildman–Crippen LogP) is 0.646. The highest BCUT2D eigenvalue weighted by molar-refractivity contribution is 5.73. The number of nitrogens with zero attached hydrogens (tertiary/aromatic N) is 1. The van der Waals surface area contributed by atoms with Gasteiger partial charge in [0.15, 0.2) is 6.10 Å². The Morgan fingerprint density at radius 1 is 1.16 bits per heavy atom. The highest BCUT2D eigenvalue weighted by Crippen LogP contribution is 2.56. The lowest BCUT2D eigenvalue weighted by Gasteiger charge is -2.58. The molecule has 5 rings (SSSR count). The Kier molecular flexibility index (Phi) is 5.26. The number of rotatable bonds is 3. The van der Waals surface area contributed by atoms with Crippen LogP contribution < -0.4 is 4.74 Å². The molecule has 8 heteroatoms. The van der Waals surface area contributed by atoms with E-state index in [1.54, 1.807) is 0 Å². The number of benzene rings is 1. The lowest BCUT2D eigenvalue weighted by Crippen LogP contribution is -2.61. The van der Waals surface area contributed by atoms with Gasteiger partial charge < -0.3 is 34.8 Å². The van der Waals surface area contributed by atoms with Gasteiger partial charge in [-0.05, 0) is 68.5 Å². The lowest BCUT2D eigenvalue weighted by molar-refractivity contribution is -0.271. The van der Waals surface area contributed by atoms with Gasteiger partial charge in [-0.25, -0.2) is 4.79 Å². The molecule has 0 amide bonds. The minimum atomic E-state index is -1.73. The van der Waals surface area contributed by atoms with Crippen molar-refractivity contribution in [2.45, 2.75) is 80.7 Å². The van der Waals surface area contributed by atoms with Crippen LogP contribution in [0.3, 0.4) is 0 Å². The Balaban J connectivity index is 1.45. The number of carboxylic acid groups (broad SMARTS) is 1. The molecule has 2 heterocycles. The zero-order valence-corrected chi connectivity index (χ0v) is 17.7. The number of hydrogen-bond donors (Lipinski definition) is 4. The quantitative estimate of drug-likeness (QED) is 0.549. The Morgan fingerprint density at radius 2 is 1.97 bits per heavy atom. The zero-order valence-electron chi connectivity index (χ0n) is 17.7. The number of likely N-dealkylation sites (N-methyl/N-ethyl adjacent to an activating group) is 1. The summed E-state index contributed by atoms with van der Waals surface area (Å²) >= 11 is 0. The minimum absolute atomic E-state index is 0.133. The first-order valence-corrected chi connectivity index (χ1v) is 11.2. The number of aliphatic hydroxyl groups is 3. The maximum atomic E-state index is 11.4. The van der Waals surface area contributed by atoms with Gasteiger partial charge >= 0.3 is 5.97 Å². The fraction of sp³-hybridized carbons (Fsp3) is 0.696. The molecule has 2 aliphatic heterocycles. The average molecular weight is 434 g/mol. The highest BCUT2D eigenvalue weighted by atomic mass is 16.7. The smallest absolute Gasteiger partial charge is 0.335 e. The molecule has 0 radical (unpaired) electrons. The van der Waals surface area contributed by atoms with Gasteiger partial charge in [0.2, 0.25) is 6.29 Å². The van der Waals surface area contributed by atoms with Crippen LogP contribution in [0.5, 0.6) is 5.75 Å². The van der Waals surface area contributed by atoms with E-state index in [-0.39, 0.29) is 5.41 Å². The van der Waals surface area contributed by atoms with E-state index in [0.717, 1.165) is 25.8 Å². The van der Waals surface area contributed by atoms with Gasteiger partial charge in [-0.1, -0.05) is 18.9 Å². The molecule has 8 nitrogen and oxygen atoms in total. The Morgan fingerprint density at radius 3 is 2.74 bits per heavy atom. The summed E-state index contributed by atoms with van der Waals surface area (Å²) in [4.78, 5) is 13.9. The van der Waals surface area contributed by atoms with Crippen molar-refractivity contribution in [1.29, 1.82) is 0 Å². The number of piperidine rings is 1. The molecule has 2 aliphatic carbocycles. The SMILES string of the molecule is CN1CC[C@@]23CCCCC2[C@@H]1Cc1ccc(O[C@@H]2O[C@H](C(=O)O)[C@@H](O)[C@H](O)[C@H]2O)cc13. The van der Waals surface area contributed by atoms with Gasteiger partial charge in [0.05, 0.1) is 0 Å². The van der Waals surface area contributed by atoms with E-state index in [2.05, 4.69) is 18.0 Å². The van der Waals surface area contributed by atoms with Gasteiger partial charge in [-0.2, -0.15) is 0 Å². The second-order valence-electron chi connectivity index (χ2n) is 9.68. The van der Waals surface area contributed by atoms with Crippen LogP contribution in [0.25, 0.3) is 0 Å². The van der Waals surface area contributed by atoms with Crippen LogP contribution >= 0.6 is 0 Å². The Bertz CT molecular complexity index is 862. The van der Waals surface area contributed by atoms with Gasteiger partial charge in [0, 0.05) is 11.5 Å². The lowest BCUT2D eigenvalue weighted by atomic mass is 9.52. The highest BCUT2D eigenvalue weighted by Gasteiger charge is 2.53. The van der Waals surface area contributed by atoms with E-state index in [0.29, 0.717) is 17.7 Å². The van der Waals surface area contributed by atoms with Crippen molar-refractivity contribution in [2.24, 2.45) is 5.92 Å². The number of carbonyl (C=O) groups is 1. The summed E-state index contributed by atoms with van der Waals surface area (Å²) in [6, 6.07) is 6.47. The first-order chi connectivity index (χ1) is 14.8. The molecule has 1 saturated carbocycles. The zero-order chi connectivity index (χ0) is 21.9. The van der Waals surface area contributed by atoms with Crippen LogP contribution in [-0.4, -0.2) is 81.6 Å². The fourth-order valence-electron chi connectivity index (χ4n) is 6.53. The third-order valence-corrected chi connectivity index (χ3v) is 8.15. The molecular formula is C23H31NO7. The molecule has 0 aromatic heterocycles. The second kappa shape index (κ2) is 7.71. The molecule has 0 spiro atoms. The molecule has 1 aromatic carbocycles.